The van der Waals surface area contributed by atoms with E-state index in [1.165, 1.54) is 16.2 Å². The summed E-state index contributed by atoms with van der Waals surface area (Å²) in [6.07, 6.45) is 0. The zero-order valence-corrected chi connectivity index (χ0v) is 11.4. The van der Waals surface area contributed by atoms with Crippen molar-refractivity contribution < 1.29 is 14.4 Å². The van der Waals surface area contributed by atoms with Crippen molar-refractivity contribution >= 4 is 45.0 Å². The summed E-state index contributed by atoms with van der Waals surface area (Å²) in [6, 6.07) is 1.74. The van der Waals surface area contributed by atoms with Gasteiger partial charge >= 0.3 is 0 Å². The van der Waals surface area contributed by atoms with E-state index in [2.05, 4.69) is 21.2 Å². The summed E-state index contributed by atoms with van der Waals surface area (Å²) in [5.41, 5.74) is 0.964. The SMILES string of the molecule is Cc1cc(C(=O)N2CC(=O)NC(=O)C2)sc1Br. The van der Waals surface area contributed by atoms with E-state index in [1.807, 2.05) is 6.92 Å². The maximum atomic E-state index is 12.0. The molecule has 0 bridgehead atoms. The van der Waals surface area contributed by atoms with Gasteiger partial charge in [-0.3, -0.25) is 19.7 Å². The molecular formula is C10H9BrN2O3S. The van der Waals surface area contributed by atoms with Crippen LogP contribution >= 0.6 is 27.3 Å². The number of piperazine rings is 1. The van der Waals surface area contributed by atoms with Gasteiger partial charge in [-0.05, 0) is 34.5 Å². The van der Waals surface area contributed by atoms with Crippen LogP contribution in [0, 0.1) is 6.92 Å². The van der Waals surface area contributed by atoms with E-state index in [4.69, 9.17) is 0 Å². The van der Waals surface area contributed by atoms with Gasteiger partial charge in [-0.15, -0.1) is 11.3 Å². The van der Waals surface area contributed by atoms with E-state index in [0.717, 1.165) is 9.35 Å². The maximum Gasteiger partial charge on any atom is 0.264 e. The highest BCUT2D eigenvalue weighted by Crippen LogP contribution is 2.28. The molecule has 17 heavy (non-hydrogen) atoms. The average molecular weight is 317 g/mol. The highest BCUT2D eigenvalue weighted by Gasteiger charge is 2.28. The number of nitrogens with one attached hydrogen (secondary N) is 1. The number of hydrogen-bond donors (Lipinski definition) is 1. The Morgan fingerprint density at radius 1 is 1.41 bits per heavy atom. The summed E-state index contributed by atoms with van der Waals surface area (Å²) >= 11 is 4.63. The fourth-order valence-electron chi connectivity index (χ4n) is 1.50. The van der Waals surface area contributed by atoms with Crippen molar-refractivity contribution in [1.82, 2.24) is 10.2 Å². The Labute approximate surface area is 110 Å². The molecule has 1 fully saturated rings. The molecule has 3 amide bonds. The number of amides is 3. The zero-order valence-electron chi connectivity index (χ0n) is 8.95. The van der Waals surface area contributed by atoms with E-state index >= 15 is 0 Å². The van der Waals surface area contributed by atoms with E-state index < -0.39 is 11.8 Å². The summed E-state index contributed by atoms with van der Waals surface area (Å²) in [5.74, 6) is -1.17. The predicted octanol–water partition coefficient (Wildman–Crippen LogP) is 0.918. The van der Waals surface area contributed by atoms with Gasteiger partial charge < -0.3 is 4.90 Å². The molecule has 7 heteroatoms. The Bertz CT molecular complexity index is 476. The number of carbonyl (C=O) groups is 3. The topological polar surface area (TPSA) is 66.5 Å². The molecular weight excluding hydrogens is 308 g/mol. The second-order valence-electron chi connectivity index (χ2n) is 3.70. The molecule has 0 aliphatic carbocycles. The van der Waals surface area contributed by atoms with Crippen LogP contribution in [0.15, 0.2) is 9.85 Å². The highest BCUT2D eigenvalue weighted by molar-refractivity contribution is 9.11. The molecule has 1 aliphatic rings. The molecule has 90 valence electrons. The number of imide groups is 1. The van der Waals surface area contributed by atoms with Crippen molar-refractivity contribution in [2.75, 3.05) is 13.1 Å². The minimum atomic E-state index is -0.443. The van der Waals surface area contributed by atoms with Crippen LogP contribution in [0.4, 0.5) is 0 Å². The van der Waals surface area contributed by atoms with E-state index in [1.54, 1.807) is 6.07 Å². The summed E-state index contributed by atoms with van der Waals surface area (Å²) in [6.45, 7) is 1.74. The number of thiophene rings is 1. The Hall–Kier alpha value is -1.21. The molecule has 0 radical (unpaired) electrons. The standard InChI is InChI=1S/C10H9BrN2O3S/c1-5-2-6(17-9(5)11)10(16)13-3-7(14)12-8(15)4-13/h2H,3-4H2,1H3,(H,12,14,15). The molecule has 1 N–H and O–H groups in total. The van der Waals surface area contributed by atoms with Gasteiger partial charge in [-0.1, -0.05) is 0 Å². The molecule has 5 nitrogen and oxygen atoms in total. The molecule has 2 heterocycles. The van der Waals surface area contributed by atoms with Crippen molar-refractivity contribution in [3.05, 3.63) is 20.3 Å². The Morgan fingerprint density at radius 2 is 2.00 bits per heavy atom. The first kappa shape index (κ1) is 12.3. The first-order valence-electron chi connectivity index (χ1n) is 4.85. The normalized spacial score (nSPS) is 16.0. The lowest BCUT2D eigenvalue weighted by Crippen LogP contribution is -2.53. The number of halogens is 1. The van der Waals surface area contributed by atoms with E-state index in [-0.39, 0.29) is 19.0 Å². The van der Waals surface area contributed by atoms with Gasteiger partial charge in [0.15, 0.2) is 0 Å². The monoisotopic (exact) mass is 316 g/mol. The third kappa shape index (κ3) is 2.55. The van der Waals surface area contributed by atoms with Gasteiger partial charge in [0.25, 0.3) is 5.91 Å². The highest BCUT2D eigenvalue weighted by atomic mass is 79.9. The largest absolute Gasteiger partial charge is 0.319 e. The quantitative estimate of drug-likeness (QED) is 0.783. The van der Waals surface area contributed by atoms with E-state index in [0.29, 0.717) is 4.88 Å². The van der Waals surface area contributed by atoms with Gasteiger partial charge in [-0.25, -0.2) is 0 Å². The van der Waals surface area contributed by atoms with Crippen molar-refractivity contribution in [2.45, 2.75) is 6.92 Å². The molecule has 1 aromatic heterocycles. The van der Waals surface area contributed by atoms with Crippen molar-refractivity contribution in [1.29, 1.82) is 0 Å². The van der Waals surface area contributed by atoms with Crippen LogP contribution < -0.4 is 5.32 Å². The third-order valence-corrected chi connectivity index (χ3v) is 4.43. The molecule has 1 aromatic rings. The van der Waals surface area contributed by atoms with Crippen molar-refractivity contribution in [3.8, 4) is 0 Å². The minimum absolute atomic E-state index is 0.0703. The Kier molecular flexibility index (Phi) is 3.30. The third-order valence-electron chi connectivity index (χ3n) is 2.30. The molecule has 2 rings (SSSR count). The zero-order chi connectivity index (χ0) is 12.6. The predicted molar refractivity (Wildman–Crippen MR) is 65.8 cm³/mol. The van der Waals surface area contributed by atoms with Crippen LogP contribution in [0.5, 0.6) is 0 Å². The number of aryl methyl sites for hydroxylation is 1. The fraction of sp³-hybridized carbons (Fsp3) is 0.300. The molecule has 0 saturated carbocycles. The summed E-state index contributed by atoms with van der Waals surface area (Å²) < 4.78 is 0.883. The lowest BCUT2D eigenvalue weighted by atomic mass is 10.3. The lowest BCUT2D eigenvalue weighted by molar-refractivity contribution is -0.135. The molecule has 1 saturated heterocycles. The minimum Gasteiger partial charge on any atom is -0.319 e. The molecule has 0 atom stereocenters. The van der Waals surface area contributed by atoms with Crippen LogP contribution in [-0.2, 0) is 9.59 Å². The van der Waals surface area contributed by atoms with E-state index in [9.17, 15) is 14.4 Å². The fourth-order valence-corrected chi connectivity index (χ4v) is 3.00. The van der Waals surface area contributed by atoms with Crippen molar-refractivity contribution in [2.24, 2.45) is 0 Å². The second-order valence-corrected chi connectivity index (χ2v) is 6.07. The molecule has 0 spiro atoms. The van der Waals surface area contributed by atoms with Gasteiger partial charge in [0.1, 0.15) is 13.1 Å². The second kappa shape index (κ2) is 4.58. The van der Waals surface area contributed by atoms with Gasteiger partial charge in [0, 0.05) is 0 Å². The molecule has 1 aliphatic heterocycles. The summed E-state index contributed by atoms with van der Waals surface area (Å²) in [5, 5.41) is 2.15. The first-order valence-corrected chi connectivity index (χ1v) is 6.46. The lowest BCUT2D eigenvalue weighted by Gasteiger charge is -2.24. The Morgan fingerprint density at radius 3 is 2.47 bits per heavy atom. The van der Waals surface area contributed by atoms with Crippen LogP contribution in [0.2, 0.25) is 0 Å². The number of carbonyl (C=O) groups excluding carboxylic acids is 3. The maximum absolute atomic E-state index is 12.0. The molecule has 0 aromatic carbocycles. The van der Waals surface area contributed by atoms with Gasteiger partial charge in [-0.2, -0.15) is 0 Å². The number of nitrogens with zero attached hydrogens (tertiary/aromatic N) is 1. The smallest absolute Gasteiger partial charge is 0.264 e. The summed E-state index contributed by atoms with van der Waals surface area (Å²) in [7, 11) is 0. The van der Waals surface area contributed by atoms with Crippen molar-refractivity contribution in [3.63, 3.8) is 0 Å². The first-order chi connectivity index (χ1) is 7.97. The Balaban J connectivity index is 2.19. The molecule has 0 unspecified atom stereocenters. The van der Waals surface area contributed by atoms with Crippen LogP contribution in [-0.4, -0.2) is 35.7 Å². The van der Waals surface area contributed by atoms with Crippen LogP contribution in [0.3, 0.4) is 0 Å². The summed E-state index contributed by atoms with van der Waals surface area (Å²) in [4.78, 5) is 36.1. The van der Waals surface area contributed by atoms with Gasteiger partial charge in [0.2, 0.25) is 11.8 Å². The van der Waals surface area contributed by atoms with Gasteiger partial charge in [0.05, 0.1) is 8.66 Å². The number of rotatable bonds is 1. The van der Waals surface area contributed by atoms with Crippen LogP contribution in [0.1, 0.15) is 15.2 Å². The van der Waals surface area contributed by atoms with Crippen LogP contribution in [0.25, 0.3) is 0 Å². The number of hydrogen-bond acceptors (Lipinski definition) is 4. The average Bonchev–Trinajstić information content (AvgIpc) is 2.57.